The zero-order valence-electron chi connectivity index (χ0n) is 10.0. The maximum absolute atomic E-state index is 11.9. The zero-order valence-corrected chi connectivity index (χ0v) is 13.3. The minimum atomic E-state index is -0.0594. The lowest BCUT2D eigenvalue weighted by Crippen LogP contribution is -2.35. The van der Waals surface area contributed by atoms with Crippen LogP contribution < -0.4 is 5.56 Å². The van der Waals surface area contributed by atoms with Crippen molar-refractivity contribution in [3.05, 3.63) is 47.2 Å². The fourth-order valence-corrected chi connectivity index (χ4v) is 4.05. The number of rotatable bonds is 2. The highest BCUT2D eigenvalue weighted by atomic mass is 79.9. The van der Waals surface area contributed by atoms with E-state index in [4.69, 9.17) is 12.2 Å². The molecule has 0 amide bonds. The van der Waals surface area contributed by atoms with Crippen LogP contribution in [0.5, 0.6) is 0 Å². The summed E-state index contributed by atoms with van der Waals surface area (Å²) in [6, 6.07) is 4.18. The number of fused-ring (bicyclic) bond motifs is 1. The first-order valence-corrected chi connectivity index (χ1v) is 7.94. The molecule has 1 aliphatic heterocycles. The van der Waals surface area contributed by atoms with E-state index in [1.165, 1.54) is 4.88 Å². The summed E-state index contributed by atoms with van der Waals surface area (Å²) in [4.78, 5) is 21.2. The lowest BCUT2D eigenvalue weighted by atomic mass is 10.1. The molecular weight excluding hydrogens is 346 g/mol. The van der Waals surface area contributed by atoms with Crippen molar-refractivity contribution in [3.63, 3.8) is 0 Å². The molecule has 0 spiro atoms. The molecule has 100 valence electrons. The maximum Gasteiger partial charge on any atom is 0.256 e. The van der Waals surface area contributed by atoms with Crippen molar-refractivity contribution in [2.75, 3.05) is 6.54 Å². The summed E-state index contributed by atoms with van der Waals surface area (Å²) in [5, 5.41) is 0. The van der Waals surface area contributed by atoms with Crippen LogP contribution in [-0.4, -0.2) is 21.4 Å². The van der Waals surface area contributed by atoms with Gasteiger partial charge in [-0.15, -0.1) is 11.3 Å². The van der Waals surface area contributed by atoms with Gasteiger partial charge in [-0.05, 0) is 40.3 Å². The number of aromatic nitrogens is 2. The second-order valence-electron chi connectivity index (χ2n) is 4.53. The molecule has 0 saturated heterocycles. The molecule has 2 aromatic heterocycles. The van der Waals surface area contributed by atoms with Crippen LogP contribution in [0.2, 0.25) is 0 Å². The van der Waals surface area contributed by atoms with E-state index in [9.17, 15) is 4.79 Å². The number of nitrogens with one attached hydrogen (secondary N) is 2. The molecule has 1 aliphatic rings. The molecule has 2 aromatic rings. The van der Waals surface area contributed by atoms with E-state index in [-0.39, 0.29) is 5.56 Å². The Balaban J connectivity index is 1.82. The highest BCUT2D eigenvalue weighted by Crippen LogP contribution is 2.24. The van der Waals surface area contributed by atoms with Crippen LogP contribution in [0.3, 0.4) is 0 Å². The molecule has 3 heterocycles. The number of thiophene rings is 1. The van der Waals surface area contributed by atoms with Gasteiger partial charge in [-0.3, -0.25) is 14.7 Å². The Hall–Kier alpha value is -0.760. The van der Waals surface area contributed by atoms with E-state index < -0.39 is 0 Å². The van der Waals surface area contributed by atoms with Gasteiger partial charge >= 0.3 is 0 Å². The number of hydrogen-bond acceptors (Lipinski definition) is 4. The summed E-state index contributed by atoms with van der Waals surface area (Å²) in [5.41, 5.74) is 1.74. The Morgan fingerprint density at radius 3 is 3.00 bits per heavy atom. The molecule has 0 aromatic carbocycles. The Labute approximate surface area is 127 Å². The monoisotopic (exact) mass is 357 g/mol. The Bertz CT molecular complexity index is 718. The summed E-state index contributed by atoms with van der Waals surface area (Å²) in [7, 11) is 0. The molecule has 0 fully saturated rings. The van der Waals surface area contributed by atoms with Crippen molar-refractivity contribution in [2.45, 2.75) is 19.5 Å². The number of aromatic amines is 2. The van der Waals surface area contributed by atoms with Gasteiger partial charge in [0.25, 0.3) is 5.56 Å². The van der Waals surface area contributed by atoms with Gasteiger partial charge in [0.2, 0.25) is 0 Å². The average molecular weight is 358 g/mol. The van der Waals surface area contributed by atoms with Crippen LogP contribution in [0, 0.1) is 4.77 Å². The smallest absolute Gasteiger partial charge is 0.256 e. The van der Waals surface area contributed by atoms with E-state index in [1.54, 1.807) is 11.3 Å². The molecule has 0 unspecified atom stereocenters. The van der Waals surface area contributed by atoms with Gasteiger partial charge in [-0.25, -0.2) is 0 Å². The van der Waals surface area contributed by atoms with Crippen molar-refractivity contribution in [2.24, 2.45) is 0 Å². The number of H-pyrrole nitrogens is 2. The van der Waals surface area contributed by atoms with Crippen LogP contribution in [-0.2, 0) is 19.5 Å². The summed E-state index contributed by atoms with van der Waals surface area (Å²) in [6.45, 7) is 2.49. The van der Waals surface area contributed by atoms with Crippen molar-refractivity contribution >= 4 is 39.5 Å². The lowest BCUT2D eigenvalue weighted by molar-refractivity contribution is 0.243. The van der Waals surface area contributed by atoms with Crippen LogP contribution in [0.4, 0.5) is 0 Å². The highest BCUT2D eigenvalue weighted by molar-refractivity contribution is 9.11. The summed E-state index contributed by atoms with van der Waals surface area (Å²) in [5.74, 6) is 0. The normalized spacial score (nSPS) is 15.4. The van der Waals surface area contributed by atoms with Crippen molar-refractivity contribution in [1.82, 2.24) is 14.9 Å². The van der Waals surface area contributed by atoms with Gasteiger partial charge in [0.1, 0.15) is 0 Å². The van der Waals surface area contributed by atoms with Gasteiger partial charge in [0.05, 0.1) is 9.35 Å². The maximum atomic E-state index is 11.9. The fourth-order valence-electron chi connectivity index (χ4n) is 2.30. The topological polar surface area (TPSA) is 51.9 Å². The van der Waals surface area contributed by atoms with Gasteiger partial charge in [0, 0.05) is 36.6 Å². The standard InChI is InChI=1S/C12H12BrN3OS2/c13-10-2-1-7(19-10)5-16-4-3-9-8(6-16)11(17)15-12(18)14-9/h1-2H,3-6H2,(H2,14,15,17,18). The molecule has 0 radical (unpaired) electrons. The molecule has 0 bridgehead atoms. The number of nitrogens with zero attached hydrogens (tertiary/aromatic N) is 1. The lowest BCUT2D eigenvalue weighted by Gasteiger charge is -2.27. The summed E-state index contributed by atoms with van der Waals surface area (Å²) in [6.07, 6.45) is 0.843. The Morgan fingerprint density at radius 1 is 1.42 bits per heavy atom. The van der Waals surface area contributed by atoms with E-state index in [0.717, 1.165) is 34.6 Å². The number of halogens is 1. The van der Waals surface area contributed by atoms with E-state index >= 15 is 0 Å². The largest absolute Gasteiger partial charge is 0.335 e. The minimum absolute atomic E-state index is 0.0594. The first kappa shape index (κ1) is 13.2. The molecule has 2 N–H and O–H groups in total. The third-order valence-electron chi connectivity index (χ3n) is 3.20. The first-order valence-electron chi connectivity index (χ1n) is 5.93. The van der Waals surface area contributed by atoms with Gasteiger partial charge < -0.3 is 4.98 Å². The molecule has 7 heteroatoms. The molecular formula is C12H12BrN3OS2. The van der Waals surface area contributed by atoms with Crippen molar-refractivity contribution in [1.29, 1.82) is 0 Å². The molecule has 0 aliphatic carbocycles. The summed E-state index contributed by atoms with van der Waals surface area (Å²) < 4.78 is 1.56. The zero-order chi connectivity index (χ0) is 13.4. The average Bonchev–Trinajstić information content (AvgIpc) is 2.75. The minimum Gasteiger partial charge on any atom is -0.335 e. The van der Waals surface area contributed by atoms with Crippen LogP contribution in [0.25, 0.3) is 0 Å². The molecule has 3 rings (SSSR count). The molecule has 4 nitrogen and oxygen atoms in total. The second kappa shape index (κ2) is 5.32. The van der Waals surface area contributed by atoms with Gasteiger partial charge in [-0.2, -0.15) is 0 Å². The molecule has 19 heavy (non-hydrogen) atoms. The van der Waals surface area contributed by atoms with Crippen LogP contribution in [0.1, 0.15) is 16.1 Å². The second-order valence-corrected chi connectivity index (χ2v) is 7.49. The van der Waals surface area contributed by atoms with Gasteiger partial charge in [0.15, 0.2) is 4.77 Å². The Kier molecular flexibility index (Phi) is 3.70. The highest BCUT2D eigenvalue weighted by Gasteiger charge is 2.20. The van der Waals surface area contributed by atoms with E-state index in [2.05, 4.69) is 42.9 Å². The predicted molar refractivity (Wildman–Crippen MR) is 82.1 cm³/mol. The third kappa shape index (κ3) is 2.89. The van der Waals surface area contributed by atoms with E-state index in [0.29, 0.717) is 11.3 Å². The van der Waals surface area contributed by atoms with E-state index in [1.807, 2.05) is 0 Å². The van der Waals surface area contributed by atoms with Crippen molar-refractivity contribution in [3.8, 4) is 0 Å². The number of hydrogen-bond donors (Lipinski definition) is 2. The quantitative estimate of drug-likeness (QED) is 0.812. The molecule has 0 saturated carbocycles. The van der Waals surface area contributed by atoms with Crippen LogP contribution in [0.15, 0.2) is 20.7 Å². The predicted octanol–water partition coefficient (Wildman–Crippen LogP) is 2.81. The van der Waals surface area contributed by atoms with Crippen LogP contribution >= 0.6 is 39.5 Å². The van der Waals surface area contributed by atoms with Gasteiger partial charge in [-0.1, -0.05) is 0 Å². The van der Waals surface area contributed by atoms with Crippen molar-refractivity contribution < 1.29 is 0 Å². The third-order valence-corrected chi connectivity index (χ3v) is 5.01. The molecule has 0 atom stereocenters. The SMILES string of the molecule is O=c1[nH]c(=S)[nH]c2c1CN(Cc1ccc(Br)s1)CC2. The first-order chi connectivity index (χ1) is 9.11. The fraction of sp³-hybridized carbons (Fsp3) is 0.333. The Morgan fingerprint density at radius 2 is 2.26 bits per heavy atom. The summed E-state index contributed by atoms with van der Waals surface area (Å²) >= 11 is 10.2.